The van der Waals surface area contributed by atoms with Gasteiger partial charge in [0.15, 0.2) is 0 Å². The van der Waals surface area contributed by atoms with E-state index in [1.807, 2.05) is 0 Å². The van der Waals surface area contributed by atoms with Crippen LogP contribution in [0.5, 0.6) is 0 Å². The number of aliphatic hydroxyl groups excluding tert-OH is 1. The molecule has 2 bridgehead atoms. The molecule has 2 nitrogen and oxygen atoms in total. The third-order valence-electron chi connectivity index (χ3n) is 4.34. The molecule has 2 N–H and O–H groups in total. The Hall–Kier alpha value is -0.340. The van der Waals surface area contributed by atoms with Crippen LogP contribution in [0.4, 0.5) is 0 Å². The zero-order valence-corrected chi connectivity index (χ0v) is 9.23. The summed E-state index contributed by atoms with van der Waals surface area (Å²) in [7, 11) is 0. The summed E-state index contributed by atoms with van der Waals surface area (Å²) in [6, 6.07) is 0. The van der Waals surface area contributed by atoms with Crippen LogP contribution < -0.4 is 5.32 Å². The first-order chi connectivity index (χ1) is 7.33. The molecule has 2 saturated carbocycles. The molecule has 0 radical (unpaired) electrons. The molecule has 3 aliphatic rings. The zero-order chi connectivity index (χ0) is 10.3. The van der Waals surface area contributed by atoms with E-state index >= 15 is 0 Å². The van der Waals surface area contributed by atoms with E-state index in [1.165, 1.54) is 25.7 Å². The first kappa shape index (κ1) is 9.86. The lowest BCUT2D eigenvalue weighted by Crippen LogP contribution is -2.33. The summed E-state index contributed by atoms with van der Waals surface area (Å²) >= 11 is 0. The van der Waals surface area contributed by atoms with Gasteiger partial charge in [-0.15, -0.1) is 0 Å². The third kappa shape index (κ3) is 2.11. The van der Waals surface area contributed by atoms with Crippen LogP contribution in [0.25, 0.3) is 0 Å². The van der Waals surface area contributed by atoms with Gasteiger partial charge in [0.05, 0.1) is 6.10 Å². The van der Waals surface area contributed by atoms with Gasteiger partial charge in [-0.2, -0.15) is 0 Å². The second kappa shape index (κ2) is 3.91. The van der Waals surface area contributed by atoms with Gasteiger partial charge in [-0.3, -0.25) is 0 Å². The van der Waals surface area contributed by atoms with E-state index in [1.54, 1.807) is 0 Å². The Bertz CT molecular complexity index is 259. The highest BCUT2D eigenvalue weighted by Gasteiger charge is 2.35. The monoisotopic (exact) mass is 207 g/mol. The molecule has 0 aromatic carbocycles. The summed E-state index contributed by atoms with van der Waals surface area (Å²) in [6.07, 6.45) is 9.93. The molecule has 3 rings (SSSR count). The van der Waals surface area contributed by atoms with Crippen LogP contribution in [-0.4, -0.2) is 24.3 Å². The minimum Gasteiger partial charge on any atom is -0.392 e. The molecule has 4 unspecified atom stereocenters. The van der Waals surface area contributed by atoms with Crippen molar-refractivity contribution in [2.45, 2.75) is 31.8 Å². The fraction of sp³-hybridized carbons (Fsp3) is 0.846. The molecule has 4 atom stereocenters. The minimum absolute atomic E-state index is 0.0841. The van der Waals surface area contributed by atoms with Gasteiger partial charge in [0.25, 0.3) is 0 Å². The standard InChI is InChI=1S/C13H21NO/c15-13(10-3-4-10)8-14-7-12-6-9-1-2-11(12)5-9/h1-2,9-15H,3-8H2. The second-order valence-electron chi connectivity index (χ2n) is 5.60. The summed E-state index contributed by atoms with van der Waals surface area (Å²) < 4.78 is 0. The molecule has 0 aliphatic heterocycles. The number of nitrogens with one attached hydrogen (secondary N) is 1. The highest BCUT2D eigenvalue weighted by atomic mass is 16.3. The van der Waals surface area contributed by atoms with Gasteiger partial charge in [-0.05, 0) is 55.9 Å². The minimum atomic E-state index is -0.0841. The second-order valence-corrected chi connectivity index (χ2v) is 5.60. The van der Waals surface area contributed by atoms with Crippen molar-refractivity contribution in [3.8, 4) is 0 Å². The predicted molar refractivity (Wildman–Crippen MR) is 60.4 cm³/mol. The van der Waals surface area contributed by atoms with Crippen molar-refractivity contribution in [3.63, 3.8) is 0 Å². The van der Waals surface area contributed by atoms with E-state index in [9.17, 15) is 5.11 Å². The van der Waals surface area contributed by atoms with Crippen molar-refractivity contribution in [3.05, 3.63) is 12.2 Å². The maximum absolute atomic E-state index is 9.72. The van der Waals surface area contributed by atoms with Crippen LogP contribution in [0.2, 0.25) is 0 Å². The number of allylic oxidation sites excluding steroid dienone is 2. The Morgan fingerprint density at radius 3 is 2.73 bits per heavy atom. The molecule has 2 heteroatoms. The van der Waals surface area contributed by atoms with Crippen LogP contribution in [-0.2, 0) is 0 Å². The summed E-state index contributed by atoms with van der Waals surface area (Å²) in [5.74, 6) is 3.15. The van der Waals surface area contributed by atoms with Gasteiger partial charge in [0, 0.05) is 6.54 Å². The van der Waals surface area contributed by atoms with Crippen LogP contribution >= 0.6 is 0 Å². The summed E-state index contributed by atoms with van der Waals surface area (Å²) in [4.78, 5) is 0. The smallest absolute Gasteiger partial charge is 0.0692 e. The van der Waals surface area contributed by atoms with Gasteiger partial charge >= 0.3 is 0 Å². The molecule has 15 heavy (non-hydrogen) atoms. The number of hydrogen-bond donors (Lipinski definition) is 2. The Labute approximate surface area is 91.8 Å². The van der Waals surface area contributed by atoms with E-state index in [0.29, 0.717) is 5.92 Å². The molecular formula is C13H21NO. The molecule has 0 heterocycles. The lowest BCUT2D eigenvalue weighted by molar-refractivity contribution is 0.146. The summed E-state index contributed by atoms with van der Waals surface area (Å²) in [5, 5.41) is 13.2. The molecule has 0 amide bonds. The topological polar surface area (TPSA) is 32.3 Å². The number of fused-ring (bicyclic) bond motifs is 2. The van der Waals surface area contributed by atoms with Gasteiger partial charge in [-0.1, -0.05) is 12.2 Å². The predicted octanol–water partition coefficient (Wildman–Crippen LogP) is 1.56. The number of aliphatic hydroxyl groups is 1. The first-order valence-electron chi connectivity index (χ1n) is 6.40. The highest BCUT2D eigenvalue weighted by Crippen LogP contribution is 2.43. The van der Waals surface area contributed by atoms with Gasteiger partial charge in [0.1, 0.15) is 0 Å². The van der Waals surface area contributed by atoms with Gasteiger partial charge in [-0.25, -0.2) is 0 Å². The zero-order valence-electron chi connectivity index (χ0n) is 9.23. The summed E-state index contributed by atoms with van der Waals surface area (Å²) in [6.45, 7) is 1.91. The van der Waals surface area contributed by atoms with Crippen LogP contribution in [0.3, 0.4) is 0 Å². The first-order valence-corrected chi connectivity index (χ1v) is 6.40. The van der Waals surface area contributed by atoms with Crippen molar-refractivity contribution >= 4 is 0 Å². The van der Waals surface area contributed by atoms with Crippen molar-refractivity contribution in [1.29, 1.82) is 0 Å². The lowest BCUT2D eigenvalue weighted by Gasteiger charge is -2.19. The Morgan fingerprint density at radius 1 is 1.27 bits per heavy atom. The van der Waals surface area contributed by atoms with Crippen molar-refractivity contribution < 1.29 is 5.11 Å². The van der Waals surface area contributed by atoms with E-state index < -0.39 is 0 Å². The molecule has 0 spiro atoms. The van der Waals surface area contributed by atoms with Crippen molar-refractivity contribution in [1.82, 2.24) is 5.32 Å². The van der Waals surface area contributed by atoms with Crippen molar-refractivity contribution in [2.75, 3.05) is 13.1 Å². The average Bonchev–Trinajstić information content (AvgIpc) is 2.90. The van der Waals surface area contributed by atoms with E-state index in [0.717, 1.165) is 30.8 Å². The third-order valence-corrected chi connectivity index (χ3v) is 4.34. The lowest BCUT2D eigenvalue weighted by atomic mass is 9.93. The fourth-order valence-corrected chi connectivity index (χ4v) is 3.19. The SMILES string of the molecule is OC(CNCC1CC2C=CC1C2)C1CC1. The molecule has 0 aromatic heterocycles. The maximum atomic E-state index is 9.72. The van der Waals surface area contributed by atoms with E-state index in [-0.39, 0.29) is 6.10 Å². The molecule has 3 aliphatic carbocycles. The summed E-state index contributed by atoms with van der Waals surface area (Å²) in [5.41, 5.74) is 0. The average molecular weight is 207 g/mol. The molecule has 84 valence electrons. The van der Waals surface area contributed by atoms with Crippen LogP contribution in [0.15, 0.2) is 12.2 Å². The van der Waals surface area contributed by atoms with Crippen LogP contribution in [0, 0.1) is 23.7 Å². The number of rotatable bonds is 5. The van der Waals surface area contributed by atoms with E-state index in [2.05, 4.69) is 17.5 Å². The molecule has 2 fully saturated rings. The van der Waals surface area contributed by atoms with Crippen molar-refractivity contribution in [2.24, 2.45) is 23.7 Å². The van der Waals surface area contributed by atoms with Gasteiger partial charge < -0.3 is 10.4 Å². The van der Waals surface area contributed by atoms with Crippen LogP contribution in [0.1, 0.15) is 25.7 Å². The fourth-order valence-electron chi connectivity index (χ4n) is 3.19. The quantitative estimate of drug-likeness (QED) is 0.671. The Kier molecular flexibility index (Phi) is 2.57. The normalized spacial score (nSPS) is 39.9. The molecule has 0 aromatic rings. The van der Waals surface area contributed by atoms with Gasteiger partial charge in [0.2, 0.25) is 0 Å². The molecular weight excluding hydrogens is 186 g/mol. The molecule has 0 saturated heterocycles. The Balaban J connectivity index is 1.37. The largest absolute Gasteiger partial charge is 0.392 e. The highest BCUT2D eigenvalue weighted by molar-refractivity contribution is 5.10. The Morgan fingerprint density at radius 2 is 2.13 bits per heavy atom. The maximum Gasteiger partial charge on any atom is 0.0692 e. The number of hydrogen-bond acceptors (Lipinski definition) is 2. The van der Waals surface area contributed by atoms with E-state index in [4.69, 9.17) is 0 Å².